The van der Waals surface area contributed by atoms with Crippen LogP contribution in [0.15, 0.2) is 24.4 Å². The molecule has 0 saturated heterocycles. The van der Waals surface area contributed by atoms with E-state index in [-0.39, 0.29) is 0 Å². The van der Waals surface area contributed by atoms with E-state index in [0.29, 0.717) is 24.4 Å². The van der Waals surface area contributed by atoms with Crippen molar-refractivity contribution in [2.24, 2.45) is 7.05 Å². The summed E-state index contributed by atoms with van der Waals surface area (Å²) in [7, 11) is 1.90. The summed E-state index contributed by atoms with van der Waals surface area (Å²) in [5.74, 6) is -0.406. The van der Waals surface area contributed by atoms with Crippen molar-refractivity contribution < 1.29 is 9.53 Å². The fourth-order valence-corrected chi connectivity index (χ4v) is 1.97. The van der Waals surface area contributed by atoms with Gasteiger partial charge in [0.15, 0.2) is 0 Å². The van der Waals surface area contributed by atoms with Crippen molar-refractivity contribution in [3.05, 3.63) is 41.2 Å². The fraction of sp³-hybridized carbons (Fsp3) is 0.333. The van der Waals surface area contributed by atoms with Gasteiger partial charge in [-0.05, 0) is 32.0 Å². The zero-order valence-corrected chi connectivity index (χ0v) is 12.5. The van der Waals surface area contributed by atoms with E-state index in [9.17, 15) is 4.79 Å². The lowest BCUT2D eigenvalue weighted by Crippen LogP contribution is -2.09. The number of carbonyl (C=O) groups excluding carboxylic acids is 1. The molecule has 0 fully saturated rings. The molecule has 1 heterocycles. The molecular formula is C15H20N4O2. The van der Waals surface area contributed by atoms with Crippen LogP contribution < -0.4 is 11.1 Å². The maximum absolute atomic E-state index is 11.8. The highest BCUT2D eigenvalue weighted by molar-refractivity contribution is 5.96. The number of carbonyl (C=O) groups is 1. The summed E-state index contributed by atoms with van der Waals surface area (Å²) in [6.45, 7) is 4.73. The van der Waals surface area contributed by atoms with Crippen LogP contribution in [-0.4, -0.2) is 22.4 Å². The van der Waals surface area contributed by atoms with Crippen molar-refractivity contribution in [1.82, 2.24) is 9.78 Å². The minimum absolute atomic E-state index is 0.324. The highest BCUT2D eigenvalue weighted by Gasteiger charge is 2.12. The molecule has 1 aromatic heterocycles. The Hall–Kier alpha value is -2.50. The van der Waals surface area contributed by atoms with Crippen molar-refractivity contribution in [3.63, 3.8) is 0 Å². The van der Waals surface area contributed by atoms with Gasteiger partial charge in [-0.2, -0.15) is 5.10 Å². The predicted molar refractivity (Wildman–Crippen MR) is 82.1 cm³/mol. The second-order valence-electron chi connectivity index (χ2n) is 4.75. The second kappa shape index (κ2) is 6.30. The highest BCUT2D eigenvalue weighted by Crippen LogP contribution is 2.20. The largest absolute Gasteiger partial charge is 0.462 e. The number of nitrogens with zero attached hydrogens (tertiary/aromatic N) is 2. The molecule has 112 valence electrons. The highest BCUT2D eigenvalue weighted by atomic mass is 16.5. The first kappa shape index (κ1) is 14.9. The Balaban J connectivity index is 2.12. The number of aromatic nitrogens is 2. The third-order valence-corrected chi connectivity index (χ3v) is 3.37. The second-order valence-corrected chi connectivity index (χ2v) is 4.75. The Morgan fingerprint density at radius 2 is 2.24 bits per heavy atom. The Labute approximate surface area is 123 Å². The van der Waals surface area contributed by atoms with Crippen LogP contribution in [0.25, 0.3) is 0 Å². The van der Waals surface area contributed by atoms with E-state index in [1.807, 2.05) is 30.9 Å². The number of nitrogen functional groups attached to an aromatic ring is 1. The average Bonchev–Trinajstić information content (AvgIpc) is 2.78. The molecule has 0 amide bonds. The van der Waals surface area contributed by atoms with Gasteiger partial charge in [0.05, 0.1) is 18.4 Å². The molecule has 0 radical (unpaired) electrons. The van der Waals surface area contributed by atoms with Gasteiger partial charge in [0.2, 0.25) is 0 Å². The summed E-state index contributed by atoms with van der Waals surface area (Å²) in [4.78, 5) is 11.8. The van der Waals surface area contributed by atoms with Crippen molar-refractivity contribution in [2.45, 2.75) is 20.4 Å². The van der Waals surface area contributed by atoms with Crippen LogP contribution in [0.2, 0.25) is 0 Å². The predicted octanol–water partition coefficient (Wildman–Crippen LogP) is 2.10. The number of rotatable bonds is 5. The van der Waals surface area contributed by atoms with Crippen LogP contribution in [0.3, 0.4) is 0 Å². The maximum atomic E-state index is 11.8. The topological polar surface area (TPSA) is 82.2 Å². The van der Waals surface area contributed by atoms with Gasteiger partial charge in [0, 0.05) is 36.2 Å². The van der Waals surface area contributed by atoms with Crippen LogP contribution in [-0.2, 0) is 18.3 Å². The van der Waals surface area contributed by atoms with Gasteiger partial charge in [-0.3, -0.25) is 4.68 Å². The fourth-order valence-electron chi connectivity index (χ4n) is 1.97. The molecule has 0 spiro atoms. The van der Waals surface area contributed by atoms with Gasteiger partial charge in [-0.25, -0.2) is 4.79 Å². The minimum Gasteiger partial charge on any atom is -0.462 e. The Morgan fingerprint density at radius 3 is 2.86 bits per heavy atom. The number of ether oxygens (including phenoxy) is 1. The molecule has 0 saturated carbocycles. The van der Waals surface area contributed by atoms with Crippen molar-refractivity contribution in [1.29, 1.82) is 0 Å². The SMILES string of the molecule is CCOC(=O)c1cc(NCc2cnn(C)c2C)ccc1N. The Bertz CT molecular complexity index is 649. The van der Waals surface area contributed by atoms with Crippen molar-refractivity contribution in [2.75, 3.05) is 17.7 Å². The summed E-state index contributed by atoms with van der Waals surface area (Å²) < 4.78 is 6.81. The van der Waals surface area contributed by atoms with Crippen LogP contribution in [0.5, 0.6) is 0 Å². The third-order valence-electron chi connectivity index (χ3n) is 3.37. The van der Waals surface area contributed by atoms with E-state index >= 15 is 0 Å². The van der Waals surface area contributed by atoms with E-state index in [1.54, 1.807) is 19.1 Å². The molecule has 2 rings (SSSR count). The summed E-state index contributed by atoms with van der Waals surface area (Å²) in [6, 6.07) is 5.24. The molecular weight excluding hydrogens is 268 g/mol. The van der Waals surface area contributed by atoms with Crippen LogP contribution in [0, 0.1) is 6.92 Å². The quantitative estimate of drug-likeness (QED) is 0.650. The number of hydrogen-bond donors (Lipinski definition) is 2. The van der Waals surface area contributed by atoms with Crippen molar-refractivity contribution in [3.8, 4) is 0 Å². The molecule has 3 N–H and O–H groups in total. The normalized spacial score (nSPS) is 10.4. The van der Waals surface area contributed by atoms with Gasteiger partial charge >= 0.3 is 5.97 Å². The molecule has 6 nitrogen and oxygen atoms in total. The number of esters is 1. The standard InChI is InChI=1S/C15H20N4O2/c1-4-21-15(20)13-7-12(5-6-14(13)16)17-8-11-9-18-19(3)10(11)2/h5-7,9,17H,4,8,16H2,1-3H3. The zero-order chi connectivity index (χ0) is 15.4. The molecule has 6 heteroatoms. The van der Waals surface area contributed by atoms with Gasteiger partial charge in [0.1, 0.15) is 0 Å². The van der Waals surface area contributed by atoms with E-state index in [2.05, 4.69) is 10.4 Å². The van der Waals surface area contributed by atoms with Crippen LogP contribution in [0.1, 0.15) is 28.5 Å². The summed E-state index contributed by atoms with van der Waals surface area (Å²) >= 11 is 0. The number of anilines is 2. The first-order chi connectivity index (χ1) is 10.0. The van der Waals surface area contributed by atoms with Crippen molar-refractivity contribution >= 4 is 17.3 Å². The first-order valence-electron chi connectivity index (χ1n) is 6.81. The van der Waals surface area contributed by atoms with Crippen LogP contribution >= 0.6 is 0 Å². The number of benzene rings is 1. The van der Waals surface area contributed by atoms with Gasteiger partial charge < -0.3 is 15.8 Å². The average molecular weight is 288 g/mol. The molecule has 0 aliphatic carbocycles. The molecule has 0 unspecified atom stereocenters. The summed E-state index contributed by atoms with van der Waals surface area (Å²) in [5.41, 5.74) is 9.63. The van der Waals surface area contributed by atoms with E-state index in [1.165, 1.54) is 0 Å². The van der Waals surface area contributed by atoms with Gasteiger partial charge in [-0.1, -0.05) is 0 Å². The van der Waals surface area contributed by atoms with E-state index in [0.717, 1.165) is 16.9 Å². The smallest absolute Gasteiger partial charge is 0.340 e. The molecule has 21 heavy (non-hydrogen) atoms. The zero-order valence-electron chi connectivity index (χ0n) is 12.5. The number of hydrogen-bond acceptors (Lipinski definition) is 5. The molecule has 0 bridgehead atoms. The molecule has 0 aliphatic rings. The Kier molecular flexibility index (Phi) is 4.47. The molecule has 0 aliphatic heterocycles. The lowest BCUT2D eigenvalue weighted by atomic mass is 10.1. The minimum atomic E-state index is -0.406. The first-order valence-corrected chi connectivity index (χ1v) is 6.81. The summed E-state index contributed by atoms with van der Waals surface area (Å²) in [5, 5.41) is 7.46. The van der Waals surface area contributed by atoms with Crippen LogP contribution in [0.4, 0.5) is 11.4 Å². The molecule has 2 aromatic rings. The van der Waals surface area contributed by atoms with Gasteiger partial charge in [-0.15, -0.1) is 0 Å². The van der Waals surface area contributed by atoms with Gasteiger partial charge in [0.25, 0.3) is 0 Å². The monoisotopic (exact) mass is 288 g/mol. The lowest BCUT2D eigenvalue weighted by molar-refractivity contribution is 0.0527. The maximum Gasteiger partial charge on any atom is 0.340 e. The number of nitrogens with two attached hydrogens (primary N) is 1. The van der Waals surface area contributed by atoms with E-state index in [4.69, 9.17) is 10.5 Å². The summed E-state index contributed by atoms with van der Waals surface area (Å²) in [6.07, 6.45) is 1.83. The molecule has 1 aromatic carbocycles. The molecule has 0 atom stereocenters. The lowest BCUT2D eigenvalue weighted by Gasteiger charge is -2.10. The third kappa shape index (κ3) is 3.34. The Morgan fingerprint density at radius 1 is 1.48 bits per heavy atom. The number of aryl methyl sites for hydroxylation is 1. The number of nitrogens with one attached hydrogen (secondary N) is 1. The van der Waals surface area contributed by atoms with E-state index < -0.39 is 5.97 Å².